The van der Waals surface area contributed by atoms with Gasteiger partial charge in [-0.05, 0) is 31.2 Å². The van der Waals surface area contributed by atoms with Gasteiger partial charge in [-0.2, -0.15) is 8.78 Å². The molecule has 3 heterocycles. The summed E-state index contributed by atoms with van der Waals surface area (Å²) in [5.41, 5.74) is -0.665. The summed E-state index contributed by atoms with van der Waals surface area (Å²) in [6.45, 7) is 3.04. The van der Waals surface area contributed by atoms with Gasteiger partial charge in [0.25, 0.3) is 0 Å². The van der Waals surface area contributed by atoms with E-state index in [1.54, 1.807) is 13.0 Å². The Labute approximate surface area is 228 Å². The average molecular weight is 580 g/mol. The largest absolute Gasteiger partial charge is 0.494 e. The van der Waals surface area contributed by atoms with Crippen molar-refractivity contribution in [1.29, 1.82) is 0 Å². The molecule has 0 amide bonds. The van der Waals surface area contributed by atoms with E-state index in [-0.39, 0.29) is 23.0 Å². The zero-order valence-corrected chi connectivity index (χ0v) is 22.8. The van der Waals surface area contributed by atoms with Crippen LogP contribution in [0.15, 0.2) is 55.0 Å². The van der Waals surface area contributed by atoms with Gasteiger partial charge in [-0.3, -0.25) is 14.3 Å². The topological polar surface area (TPSA) is 134 Å². The molecule has 11 nitrogen and oxygen atoms in total. The van der Waals surface area contributed by atoms with Crippen LogP contribution in [0.3, 0.4) is 0 Å². The third-order valence-corrected chi connectivity index (χ3v) is 8.08. The van der Waals surface area contributed by atoms with Crippen LogP contribution < -0.4 is 14.2 Å². The Hall–Kier alpha value is -3.91. The number of sulfonamides is 1. The molecule has 2 atom stereocenters. The van der Waals surface area contributed by atoms with Gasteiger partial charge >= 0.3 is 5.92 Å². The lowest BCUT2D eigenvalue weighted by Crippen LogP contribution is -2.32. The quantitative estimate of drug-likeness (QED) is 0.293. The summed E-state index contributed by atoms with van der Waals surface area (Å²) in [7, 11) is -1.60. The minimum atomic E-state index is -4.27. The predicted molar refractivity (Wildman–Crippen MR) is 139 cm³/mol. The van der Waals surface area contributed by atoms with Crippen molar-refractivity contribution in [3.05, 3.63) is 77.4 Å². The fraction of sp³-hybridized carbons (Fsp3) is 0.292. The van der Waals surface area contributed by atoms with Crippen molar-refractivity contribution in [3.8, 4) is 17.2 Å². The van der Waals surface area contributed by atoms with Gasteiger partial charge in [-0.25, -0.2) is 18.4 Å². The minimum Gasteiger partial charge on any atom is -0.494 e. The van der Waals surface area contributed by atoms with E-state index in [0.717, 1.165) is 10.6 Å². The molecule has 0 aliphatic rings. The fourth-order valence-electron chi connectivity index (χ4n) is 3.74. The molecule has 2 unspecified atom stereocenters. The van der Waals surface area contributed by atoms with Gasteiger partial charge in [0.2, 0.25) is 21.8 Å². The monoisotopic (exact) mass is 579 g/mol. The zero-order valence-electron chi connectivity index (χ0n) is 21.2. The Kier molecular flexibility index (Phi) is 7.97. The number of pyridine rings is 1. The maximum Gasteiger partial charge on any atom is 0.348 e. The number of hydrogen-bond donors (Lipinski definition) is 1. The summed E-state index contributed by atoms with van der Waals surface area (Å²) in [6.07, 6.45) is 3.91. The summed E-state index contributed by atoms with van der Waals surface area (Å²) in [5.74, 6) is -5.49. The van der Waals surface area contributed by atoms with Crippen LogP contribution in [-0.4, -0.2) is 57.6 Å². The molecule has 0 bridgehead atoms. The summed E-state index contributed by atoms with van der Waals surface area (Å²) < 4.78 is 72.5. The smallest absolute Gasteiger partial charge is 0.348 e. The summed E-state index contributed by atoms with van der Waals surface area (Å²) in [4.78, 5) is 12.0. The first-order valence-electron chi connectivity index (χ1n) is 11.5. The van der Waals surface area contributed by atoms with Crippen LogP contribution in [0.4, 0.5) is 14.7 Å². The number of alkyl halides is 2. The van der Waals surface area contributed by atoms with Crippen molar-refractivity contribution in [3.63, 3.8) is 0 Å². The Bertz CT molecular complexity index is 1530. The molecule has 206 valence electrons. The molecule has 3 aromatic heterocycles. The summed E-state index contributed by atoms with van der Waals surface area (Å²) >= 11 is 5.84. The standard InChI is InChI=1S/C24H24ClF2N7O4S/c1-14(21-29-12-16(25)13-30-21)15(2)39(35,36)33-23-32-31-22(24(26,27)19-10-5-6-11-28-19)34(23)20-17(37-3)8-7-9-18(20)38-4/h5-15H,1-4H3,(H,32,33). The number of benzene rings is 1. The lowest BCUT2D eigenvalue weighted by molar-refractivity contribution is 0.0262. The highest BCUT2D eigenvalue weighted by atomic mass is 35.5. The number of rotatable bonds is 10. The molecule has 0 radical (unpaired) electrons. The number of aromatic nitrogens is 6. The van der Waals surface area contributed by atoms with Crippen molar-refractivity contribution in [2.75, 3.05) is 18.9 Å². The Morgan fingerprint density at radius 2 is 1.62 bits per heavy atom. The fourth-order valence-corrected chi connectivity index (χ4v) is 5.07. The van der Waals surface area contributed by atoms with E-state index in [1.807, 2.05) is 0 Å². The second-order valence-electron chi connectivity index (χ2n) is 8.38. The van der Waals surface area contributed by atoms with Crippen LogP contribution >= 0.6 is 11.6 Å². The highest BCUT2D eigenvalue weighted by molar-refractivity contribution is 7.93. The molecule has 4 rings (SSSR count). The van der Waals surface area contributed by atoms with Gasteiger partial charge in [0, 0.05) is 24.5 Å². The van der Waals surface area contributed by atoms with Crippen molar-refractivity contribution in [2.45, 2.75) is 30.9 Å². The number of anilines is 1. The number of para-hydroxylation sites is 1. The van der Waals surface area contributed by atoms with Crippen molar-refractivity contribution < 1.29 is 26.7 Å². The van der Waals surface area contributed by atoms with Crippen LogP contribution in [0.5, 0.6) is 11.5 Å². The highest BCUT2D eigenvalue weighted by Crippen LogP contribution is 2.41. The molecule has 0 aliphatic carbocycles. The van der Waals surface area contributed by atoms with Crippen LogP contribution in [0, 0.1) is 0 Å². The molecule has 39 heavy (non-hydrogen) atoms. The van der Waals surface area contributed by atoms with E-state index >= 15 is 8.78 Å². The van der Waals surface area contributed by atoms with Crippen LogP contribution in [0.1, 0.15) is 37.1 Å². The maximum atomic E-state index is 15.8. The molecular formula is C24H24ClF2N7O4S. The van der Waals surface area contributed by atoms with E-state index in [0.29, 0.717) is 5.02 Å². The van der Waals surface area contributed by atoms with E-state index in [9.17, 15) is 8.42 Å². The number of nitrogens with zero attached hydrogens (tertiary/aromatic N) is 6. The van der Waals surface area contributed by atoms with E-state index in [4.69, 9.17) is 21.1 Å². The molecule has 0 fully saturated rings. The first-order valence-corrected chi connectivity index (χ1v) is 13.4. The van der Waals surface area contributed by atoms with Crippen molar-refractivity contribution in [1.82, 2.24) is 29.7 Å². The molecule has 1 aromatic carbocycles. The van der Waals surface area contributed by atoms with Gasteiger partial charge in [0.1, 0.15) is 28.7 Å². The van der Waals surface area contributed by atoms with E-state index < -0.39 is 44.6 Å². The molecule has 0 spiro atoms. The van der Waals surface area contributed by atoms with Gasteiger partial charge < -0.3 is 9.47 Å². The summed E-state index contributed by atoms with van der Waals surface area (Å²) in [5, 5.41) is 6.66. The van der Waals surface area contributed by atoms with Gasteiger partial charge in [-0.1, -0.05) is 30.7 Å². The molecule has 0 aliphatic heterocycles. The number of ether oxygens (including phenoxy) is 2. The predicted octanol–water partition coefficient (Wildman–Crippen LogP) is 4.20. The van der Waals surface area contributed by atoms with Gasteiger partial charge in [0.15, 0.2) is 0 Å². The van der Waals surface area contributed by atoms with Gasteiger partial charge in [0.05, 0.1) is 24.5 Å². The zero-order chi connectivity index (χ0) is 28.4. The van der Waals surface area contributed by atoms with E-state index in [1.165, 1.54) is 64.0 Å². The second-order valence-corrected chi connectivity index (χ2v) is 10.9. The van der Waals surface area contributed by atoms with Crippen LogP contribution in [-0.2, 0) is 15.9 Å². The SMILES string of the molecule is COc1cccc(OC)c1-n1c(NS(=O)(=O)C(C)C(C)c2ncc(Cl)cn2)nnc1C(F)(F)c1ccccn1. The maximum absolute atomic E-state index is 15.8. The first-order chi connectivity index (χ1) is 18.5. The van der Waals surface area contributed by atoms with Crippen molar-refractivity contribution >= 4 is 27.6 Å². The highest BCUT2D eigenvalue weighted by Gasteiger charge is 2.44. The average Bonchev–Trinajstić information content (AvgIpc) is 3.35. The molecule has 0 saturated carbocycles. The summed E-state index contributed by atoms with van der Waals surface area (Å²) in [6, 6.07) is 8.59. The number of hydrogen-bond acceptors (Lipinski definition) is 9. The number of methoxy groups -OCH3 is 2. The lowest BCUT2D eigenvalue weighted by atomic mass is 10.1. The lowest BCUT2D eigenvalue weighted by Gasteiger charge is -2.22. The second kappa shape index (κ2) is 11.1. The number of nitrogens with one attached hydrogen (secondary N) is 1. The minimum absolute atomic E-state index is 0.0439. The Morgan fingerprint density at radius 1 is 0.974 bits per heavy atom. The van der Waals surface area contributed by atoms with Gasteiger partial charge in [-0.15, -0.1) is 10.2 Å². The molecule has 1 N–H and O–H groups in total. The normalized spacial score (nSPS) is 13.5. The van der Waals surface area contributed by atoms with Crippen LogP contribution in [0.2, 0.25) is 5.02 Å². The first kappa shape index (κ1) is 28.1. The molecule has 15 heteroatoms. The Balaban J connectivity index is 1.86. The molecule has 4 aromatic rings. The third kappa shape index (κ3) is 5.47. The third-order valence-electron chi connectivity index (χ3n) is 6.03. The van der Waals surface area contributed by atoms with Crippen LogP contribution in [0.25, 0.3) is 5.69 Å². The molecular weight excluding hydrogens is 556 g/mol. The number of halogens is 3. The van der Waals surface area contributed by atoms with E-state index in [2.05, 4.69) is 29.9 Å². The Morgan fingerprint density at radius 3 is 2.18 bits per heavy atom. The van der Waals surface area contributed by atoms with Crippen molar-refractivity contribution in [2.24, 2.45) is 0 Å². The molecule has 0 saturated heterocycles.